The minimum absolute atomic E-state index is 0.0767. The first kappa shape index (κ1) is 14.9. The van der Waals surface area contributed by atoms with Gasteiger partial charge in [0.25, 0.3) is 5.95 Å². The van der Waals surface area contributed by atoms with Gasteiger partial charge in [-0.25, -0.2) is 0 Å². The van der Waals surface area contributed by atoms with Crippen LogP contribution in [0.3, 0.4) is 0 Å². The molecular formula is C18H11ClN6O. The third-order valence-electron chi connectivity index (χ3n) is 4.13. The highest BCUT2D eigenvalue weighted by Crippen LogP contribution is 2.26. The van der Waals surface area contributed by atoms with E-state index >= 15 is 0 Å². The zero-order valence-corrected chi connectivity index (χ0v) is 14.0. The van der Waals surface area contributed by atoms with Gasteiger partial charge in [-0.1, -0.05) is 41.9 Å². The van der Waals surface area contributed by atoms with E-state index in [2.05, 4.69) is 25.3 Å². The Hall–Kier alpha value is -3.45. The summed E-state index contributed by atoms with van der Waals surface area (Å²) in [5.41, 5.74) is 3.59. The fourth-order valence-corrected chi connectivity index (χ4v) is 3.01. The second-order valence-corrected chi connectivity index (χ2v) is 6.22. The smallest absolute Gasteiger partial charge is 0.275 e. The van der Waals surface area contributed by atoms with Crippen LogP contribution in [-0.2, 0) is 0 Å². The van der Waals surface area contributed by atoms with Crippen molar-refractivity contribution in [2.45, 2.75) is 0 Å². The number of aromatic amines is 1. The van der Waals surface area contributed by atoms with Crippen LogP contribution in [-0.4, -0.2) is 35.1 Å². The molecule has 5 rings (SSSR count). The molecule has 0 aliphatic heterocycles. The average molecular weight is 363 g/mol. The molecule has 0 radical (unpaired) electrons. The molecule has 0 atom stereocenters. The first-order valence-electron chi connectivity index (χ1n) is 7.85. The molecule has 0 spiro atoms. The van der Waals surface area contributed by atoms with Gasteiger partial charge >= 0.3 is 0 Å². The lowest BCUT2D eigenvalue weighted by molar-refractivity contribution is 0.429. The Labute approximate surface area is 151 Å². The Morgan fingerprint density at radius 1 is 1.00 bits per heavy atom. The van der Waals surface area contributed by atoms with Crippen LogP contribution in [0.1, 0.15) is 0 Å². The van der Waals surface area contributed by atoms with Crippen molar-refractivity contribution in [3.05, 3.63) is 59.6 Å². The number of H-pyrrole nitrogens is 1. The van der Waals surface area contributed by atoms with Crippen LogP contribution in [0.15, 0.2) is 54.6 Å². The molecule has 0 fully saturated rings. The first-order chi connectivity index (χ1) is 12.7. The fourth-order valence-electron chi connectivity index (χ4n) is 2.88. The van der Waals surface area contributed by atoms with E-state index in [4.69, 9.17) is 11.6 Å². The third-order valence-corrected chi connectivity index (χ3v) is 4.38. The highest BCUT2D eigenvalue weighted by atomic mass is 35.5. The summed E-state index contributed by atoms with van der Waals surface area (Å²) in [7, 11) is 0. The van der Waals surface area contributed by atoms with Gasteiger partial charge in [0.1, 0.15) is 5.52 Å². The van der Waals surface area contributed by atoms with Crippen molar-refractivity contribution in [1.82, 2.24) is 29.9 Å². The molecule has 126 valence electrons. The lowest BCUT2D eigenvalue weighted by atomic mass is 10.2. The summed E-state index contributed by atoms with van der Waals surface area (Å²) in [6.45, 7) is 0. The Morgan fingerprint density at radius 3 is 2.65 bits per heavy atom. The zero-order valence-electron chi connectivity index (χ0n) is 13.3. The van der Waals surface area contributed by atoms with Crippen molar-refractivity contribution < 1.29 is 5.11 Å². The number of aromatic nitrogens is 6. The van der Waals surface area contributed by atoms with Crippen molar-refractivity contribution >= 4 is 33.7 Å². The quantitative estimate of drug-likeness (QED) is 0.499. The number of nitrogens with zero attached hydrogens (tertiary/aromatic N) is 5. The Balaban J connectivity index is 1.63. The van der Waals surface area contributed by atoms with E-state index in [0.29, 0.717) is 21.9 Å². The summed E-state index contributed by atoms with van der Waals surface area (Å²) in [5.74, 6) is 0.106. The third kappa shape index (κ3) is 2.29. The number of para-hydroxylation sites is 1. The molecule has 2 N–H and O–H groups in total. The van der Waals surface area contributed by atoms with Crippen molar-refractivity contribution in [3.8, 4) is 23.1 Å². The van der Waals surface area contributed by atoms with Crippen LogP contribution in [0.4, 0.5) is 0 Å². The van der Waals surface area contributed by atoms with Crippen molar-refractivity contribution in [2.24, 2.45) is 0 Å². The SMILES string of the molecule is Oc1cc(-c2ccc(Cl)cc2)nn1-c1nnc2c(n1)[nH]c1ccccc12. The molecule has 3 heterocycles. The second kappa shape index (κ2) is 5.53. The van der Waals surface area contributed by atoms with Crippen LogP contribution in [0, 0.1) is 0 Å². The van der Waals surface area contributed by atoms with Crippen LogP contribution in [0.2, 0.25) is 5.02 Å². The summed E-state index contributed by atoms with van der Waals surface area (Å²) in [5, 5.41) is 24.6. The Bertz CT molecular complexity index is 1260. The van der Waals surface area contributed by atoms with Gasteiger partial charge in [0.2, 0.25) is 5.88 Å². The maximum absolute atomic E-state index is 10.3. The largest absolute Gasteiger partial charge is 0.493 e. The molecule has 5 aromatic rings. The fraction of sp³-hybridized carbons (Fsp3) is 0. The number of hydrogen-bond acceptors (Lipinski definition) is 5. The van der Waals surface area contributed by atoms with E-state index in [1.54, 1.807) is 18.2 Å². The zero-order chi connectivity index (χ0) is 17.7. The van der Waals surface area contributed by atoms with Gasteiger partial charge < -0.3 is 10.1 Å². The summed E-state index contributed by atoms with van der Waals surface area (Å²) >= 11 is 5.91. The van der Waals surface area contributed by atoms with Crippen molar-refractivity contribution in [2.75, 3.05) is 0 Å². The number of fused-ring (bicyclic) bond motifs is 3. The van der Waals surface area contributed by atoms with Gasteiger partial charge in [-0.15, -0.1) is 10.2 Å². The van der Waals surface area contributed by atoms with Gasteiger partial charge in [0.05, 0.1) is 5.69 Å². The molecule has 2 aromatic carbocycles. The molecule has 0 aliphatic rings. The second-order valence-electron chi connectivity index (χ2n) is 5.79. The summed E-state index contributed by atoms with van der Waals surface area (Å²) < 4.78 is 1.25. The monoisotopic (exact) mass is 362 g/mol. The molecule has 8 heteroatoms. The van der Waals surface area contributed by atoms with Gasteiger partial charge in [0, 0.05) is 27.6 Å². The Kier molecular flexibility index (Phi) is 3.16. The molecular weight excluding hydrogens is 352 g/mol. The topological polar surface area (TPSA) is 92.5 Å². The van der Waals surface area contributed by atoms with Gasteiger partial charge in [-0.3, -0.25) is 0 Å². The molecule has 0 amide bonds. The van der Waals surface area contributed by atoms with Crippen LogP contribution in [0.5, 0.6) is 5.88 Å². The molecule has 26 heavy (non-hydrogen) atoms. The van der Waals surface area contributed by atoms with Crippen molar-refractivity contribution in [1.29, 1.82) is 0 Å². The van der Waals surface area contributed by atoms with E-state index in [9.17, 15) is 5.11 Å². The van der Waals surface area contributed by atoms with Crippen molar-refractivity contribution in [3.63, 3.8) is 0 Å². The minimum Gasteiger partial charge on any atom is -0.493 e. The lowest BCUT2D eigenvalue weighted by Crippen LogP contribution is -2.04. The number of halogens is 1. The molecule has 0 bridgehead atoms. The summed E-state index contributed by atoms with van der Waals surface area (Å²) in [6.07, 6.45) is 0. The highest BCUT2D eigenvalue weighted by Gasteiger charge is 2.15. The summed E-state index contributed by atoms with van der Waals surface area (Å²) in [6, 6.07) is 16.5. The number of rotatable bonds is 2. The number of hydrogen-bond donors (Lipinski definition) is 2. The maximum Gasteiger partial charge on any atom is 0.275 e. The van der Waals surface area contributed by atoms with E-state index < -0.39 is 0 Å². The highest BCUT2D eigenvalue weighted by molar-refractivity contribution is 6.30. The molecule has 3 aromatic heterocycles. The lowest BCUT2D eigenvalue weighted by Gasteiger charge is -2.00. The first-order valence-corrected chi connectivity index (χ1v) is 8.23. The summed E-state index contributed by atoms with van der Waals surface area (Å²) in [4.78, 5) is 7.66. The average Bonchev–Trinajstić information content (AvgIpc) is 3.22. The van der Waals surface area contributed by atoms with Gasteiger partial charge in [-0.05, 0) is 18.2 Å². The molecule has 0 saturated carbocycles. The predicted molar refractivity (Wildman–Crippen MR) is 98.4 cm³/mol. The van der Waals surface area contributed by atoms with Gasteiger partial charge in [0.15, 0.2) is 5.65 Å². The van der Waals surface area contributed by atoms with Crippen LogP contribution < -0.4 is 0 Å². The molecule has 7 nitrogen and oxygen atoms in total. The number of aromatic hydroxyl groups is 1. The van der Waals surface area contributed by atoms with Crippen LogP contribution >= 0.6 is 11.6 Å². The van der Waals surface area contributed by atoms with Gasteiger partial charge in [-0.2, -0.15) is 14.8 Å². The standard InChI is InChI=1S/C18H11ClN6O/c19-11-7-5-10(6-8-11)14-9-15(26)25(24-14)18-21-17-16(22-23-18)12-3-1-2-4-13(12)20-17/h1-9,26H,(H,20,21,23). The normalized spacial score (nSPS) is 11.4. The predicted octanol–water partition coefficient (Wildman–Crippen LogP) is 3.72. The molecule has 0 aliphatic carbocycles. The van der Waals surface area contributed by atoms with E-state index in [1.807, 2.05) is 36.4 Å². The van der Waals surface area contributed by atoms with Crippen LogP contribution in [0.25, 0.3) is 39.3 Å². The van der Waals surface area contributed by atoms with E-state index in [-0.39, 0.29) is 11.8 Å². The molecule has 0 saturated heterocycles. The van der Waals surface area contributed by atoms with E-state index in [1.165, 1.54) is 4.68 Å². The minimum atomic E-state index is -0.0767. The maximum atomic E-state index is 10.3. The van der Waals surface area contributed by atoms with E-state index in [0.717, 1.165) is 16.5 Å². The number of nitrogens with one attached hydrogen (secondary N) is 1. The Morgan fingerprint density at radius 2 is 1.81 bits per heavy atom. The molecule has 0 unspecified atom stereocenters. The number of benzene rings is 2.